The Morgan fingerprint density at radius 2 is 1.93 bits per heavy atom. The fourth-order valence-electron chi connectivity index (χ4n) is 0.958. The Morgan fingerprint density at radius 1 is 1.47 bits per heavy atom. The van der Waals surface area contributed by atoms with Crippen molar-refractivity contribution >= 4 is 55.1 Å². The van der Waals surface area contributed by atoms with Crippen molar-refractivity contribution in [2.24, 2.45) is 0 Å². The summed E-state index contributed by atoms with van der Waals surface area (Å²) < 4.78 is 1.44. The van der Waals surface area contributed by atoms with Crippen molar-refractivity contribution in [1.29, 1.82) is 0 Å². The number of hydrogen-bond acceptors (Lipinski definition) is 2. The first kappa shape index (κ1) is 12.8. The van der Waals surface area contributed by atoms with Crippen LogP contribution in [-0.2, 0) is 4.79 Å². The summed E-state index contributed by atoms with van der Waals surface area (Å²) >= 11 is 12.4. The van der Waals surface area contributed by atoms with Crippen LogP contribution in [-0.4, -0.2) is 17.1 Å². The number of halogens is 3. The molecular formula is C9H8Br2ClNO2. The topological polar surface area (TPSA) is 49.3 Å². The maximum Gasteiger partial charge on any atom is 0.325 e. The number of carbonyl (C=O) groups is 1. The molecule has 1 unspecified atom stereocenters. The number of anilines is 1. The Balaban J connectivity index is 3.00. The van der Waals surface area contributed by atoms with Crippen LogP contribution in [0.3, 0.4) is 0 Å². The molecular weight excluding hydrogens is 349 g/mol. The Morgan fingerprint density at radius 3 is 2.33 bits per heavy atom. The van der Waals surface area contributed by atoms with Gasteiger partial charge in [0.05, 0.1) is 5.69 Å². The average Bonchev–Trinajstić information content (AvgIpc) is 2.10. The van der Waals surface area contributed by atoms with E-state index in [9.17, 15) is 4.79 Å². The molecule has 15 heavy (non-hydrogen) atoms. The lowest BCUT2D eigenvalue weighted by molar-refractivity contribution is -0.137. The summed E-state index contributed by atoms with van der Waals surface area (Å²) in [5.74, 6) is -0.913. The van der Waals surface area contributed by atoms with E-state index in [1.165, 1.54) is 0 Å². The summed E-state index contributed by atoms with van der Waals surface area (Å²) in [7, 11) is 0. The molecule has 0 bridgehead atoms. The predicted molar refractivity (Wildman–Crippen MR) is 67.6 cm³/mol. The van der Waals surface area contributed by atoms with Crippen LogP contribution in [0.25, 0.3) is 0 Å². The number of carboxylic acid groups (broad SMARTS) is 1. The van der Waals surface area contributed by atoms with Gasteiger partial charge in [-0.05, 0) is 50.9 Å². The zero-order chi connectivity index (χ0) is 11.6. The van der Waals surface area contributed by atoms with Crippen LogP contribution in [0.15, 0.2) is 21.1 Å². The number of aliphatic carboxylic acids is 1. The zero-order valence-electron chi connectivity index (χ0n) is 7.72. The van der Waals surface area contributed by atoms with E-state index in [4.69, 9.17) is 16.7 Å². The maximum absolute atomic E-state index is 10.7. The lowest BCUT2D eigenvalue weighted by atomic mass is 10.2. The van der Waals surface area contributed by atoms with Crippen molar-refractivity contribution in [3.8, 4) is 0 Å². The Hall–Kier alpha value is -0.260. The van der Waals surface area contributed by atoms with Crippen molar-refractivity contribution in [3.63, 3.8) is 0 Å². The highest BCUT2D eigenvalue weighted by molar-refractivity contribution is 9.11. The first-order chi connectivity index (χ1) is 6.91. The van der Waals surface area contributed by atoms with Gasteiger partial charge in [-0.3, -0.25) is 4.79 Å². The van der Waals surface area contributed by atoms with E-state index in [1.807, 2.05) is 0 Å². The lowest BCUT2D eigenvalue weighted by Gasteiger charge is -2.14. The van der Waals surface area contributed by atoms with Crippen LogP contribution >= 0.6 is 43.5 Å². The van der Waals surface area contributed by atoms with Crippen LogP contribution in [0.4, 0.5) is 5.69 Å². The highest BCUT2D eigenvalue weighted by atomic mass is 79.9. The van der Waals surface area contributed by atoms with E-state index >= 15 is 0 Å². The van der Waals surface area contributed by atoms with Gasteiger partial charge in [-0.2, -0.15) is 0 Å². The van der Waals surface area contributed by atoms with Crippen molar-refractivity contribution < 1.29 is 9.90 Å². The molecule has 1 aromatic carbocycles. The van der Waals surface area contributed by atoms with Gasteiger partial charge in [0, 0.05) is 14.0 Å². The van der Waals surface area contributed by atoms with Crippen molar-refractivity contribution in [3.05, 3.63) is 26.1 Å². The molecule has 1 rings (SSSR count). The summed E-state index contributed by atoms with van der Waals surface area (Å²) in [6.07, 6.45) is 0. The molecule has 82 valence electrons. The van der Waals surface area contributed by atoms with Crippen molar-refractivity contribution in [1.82, 2.24) is 0 Å². The molecule has 1 atom stereocenters. The van der Waals surface area contributed by atoms with E-state index in [0.29, 0.717) is 10.7 Å². The van der Waals surface area contributed by atoms with Gasteiger partial charge in [0.1, 0.15) is 6.04 Å². The van der Waals surface area contributed by atoms with Gasteiger partial charge in [-0.1, -0.05) is 11.6 Å². The molecule has 0 heterocycles. The van der Waals surface area contributed by atoms with Gasteiger partial charge in [-0.15, -0.1) is 0 Å². The monoisotopic (exact) mass is 355 g/mol. The van der Waals surface area contributed by atoms with Gasteiger partial charge >= 0.3 is 5.97 Å². The molecule has 0 aliphatic rings. The summed E-state index contributed by atoms with van der Waals surface area (Å²) in [6, 6.07) is 2.73. The molecule has 0 aliphatic carbocycles. The van der Waals surface area contributed by atoms with Gasteiger partial charge in [0.15, 0.2) is 0 Å². The number of carboxylic acids is 1. The molecule has 0 radical (unpaired) electrons. The fourth-order valence-corrected chi connectivity index (χ4v) is 2.86. The van der Waals surface area contributed by atoms with Gasteiger partial charge in [-0.25, -0.2) is 0 Å². The average molecular weight is 357 g/mol. The van der Waals surface area contributed by atoms with E-state index in [1.54, 1.807) is 19.1 Å². The third-order valence-electron chi connectivity index (χ3n) is 1.74. The standard InChI is InChI=1S/C9H8Br2ClNO2/c1-4(9(14)15)13-8-6(10)2-5(12)3-7(8)11/h2-4,13H,1H3,(H,14,15). The third kappa shape index (κ3) is 3.36. The Labute approximate surface area is 109 Å². The van der Waals surface area contributed by atoms with Crippen LogP contribution < -0.4 is 5.32 Å². The third-order valence-corrected chi connectivity index (χ3v) is 3.21. The first-order valence-electron chi connectivity index (χ1n) is 4.05. The second kappa shape index (κ2) is 5.18. The number of benzene rings is 1. The summed E-state index contributed by atoms with van der Waals surface area (Å²) in [6.45, 7) is 1.57. The fraction of sp³-hybridized carbons (Fsp3) is 0.222. The Bertz CT molecular complexity index is 375. The second-order valence-electron chi connectivity index (χ2n) is 2.95. The molecule has 0 spiro atoms. The van der Waals surface area contributed by atoms with Crippen LogP contribution in [0.2, 0.25) is 5.02 Å². The van der Waals surface area contributed by atoms with E-state index < -0.39 is 12.0 Å². The molecule has 1 aromatic rings. The quantitative estimate of drug-likeness (QED) is 0.866. The van der Waals surface area contributed by atoms with Gasteiger partial charge in [0.25, 0.3) is 0 Å². The Kier molecular flexibility index (Phi) is 4.43. The normalized spacial score (nSPS) is 12.3. The summed E-state index contributed by atoms with van der Waals surface area (Å²) in [5.41, 5.74) is 0.675. The molecule has 0 saturated heterocycles. The minimum absolute atomic E-state index is 0.572. The molecule has 0 amide bonds. The maximum atomic E-state index is 10.7. The first-order valence-corrected chi connectivity index (χ1v) is 6.02. The molecule has 6 heteroatoms. The summed E-state index contributed by atoms with van der Waals surface area (Å²) in [4.78, 5) is 10.7. The second-order valence-corrected chi connectivity index (χ2v) is 5.09. The van der Waals surface area contributed by atoms with Crippen LogP contribution in [0.5, 0.6) is 0 Å². The molecule has 0 aliphatic heterocycles. The SMILES string of the molecule is CC(Nc1c(Br)cc(Cl)cc1Br)C(=O)O. The van der Waals surface area contributed by atoms with E-state index in [-0.39, 0.29) is 0 Å². The van der Waals surface area contributed by atoms with Crippen LogP contribution in [0, 0.1) is 0 Å². The minimum Gasteiger partial charge on any atom is -0.480 e. The highest BCUT2D eigenvalue weighted by Crippen LogP contribution is 2.34. The molecule has 0 aromatic heterocycles. The smallest absolute Gasteiger partial charge is 0.325 e. The van der Waals surface area contributed by atoms with Crippen LogP contribution in [0.1, 0.15) is 6.92 Å². The molecule has 0 fully saturated rings. The van der Waals surface area contributed by atoms with Gasteiger partial charge < -0.3 is 10.4 Å². The largest absolute Gasteiger partial charge is 0.480 e. The predicted octanol–water partition coefficient (Wildman–Crippen LogP) is 3.75. The summed E-state index contributed by atoms with van der Waals surface area (Å²) in [5, 5.41) is 12.2. The highest BCUT2D eigenvalue weighted by Gasteiger charge is 2.14. The number of hydrogen-bond donors (Lipinski definition) is 2. The van der Waals surface area contributed by atoms with Gasteiger partial charge in [0.2, 0.25) is 0 Å². The van der Waals surface area contributed by atoms with Crippen molar-refractivity contribution in [2.75, 3.05) is 5.32 Å². The molecule has 2 N–H and O–H groups in total. The lowest BCUT2D eigenvalue weighted by Crippen LogP contribution is -2.25. The van der Waals surface area contributed by atoms with E-state index in [2.05, 4.69) is 37.2 Å². The minimum atomic E-state index is -0.913. The molecule has 0 saturated carbocycles. The number of rotatable bonds is 3. The van der Waals surface area contributed by atoms with E-state index in [0.717, 1.165) is 8.95 Å². The zero-order valence-corrected chi connectivity index (χ0v) is 11.6. The molecule has 3 nitrogen and oxygen atoms in total. The van der Waals surface area contributed by atoms with Crippen molar-refractivity contribution in [2.45, 2.75) is 13.0 Å². The number of nitrogens with one attached hydrogen (secondary N) is 1.